The molecule has 0 fully saturated rings. The van der Waals surface area contributed by atoms with Crippen molar-refractivity contribution < 1.29 is 4.74 Å². The molecule has 0 amide bonds. The minimum atomic E-state index is -0.00578. The molecule has 0 spiro atoms. The molecule has 0 radical (unpaired) electrons. The lowest BCUT2D eigenvalue weighted by Crippen LogP contribution is -2.12. The van der Waals surface area contributed by atoms with E-state index in [0.717, 1.165) is 18.5 Å². The molecule has 0 saturated heterocycles. The number of ether oxygens (including phenoxy) is 1. The van der Waals surface area contributed by atoms with E-state index in [2.05, 4.69) is 16.9 Å². The zero-order valence-corrected chi connectivity index (χ0v) is 10.1. The summed E-state index contributed by atoms with van der Waals surface area (Å²) in [7, 11) is 1.60. The Hall–Kier alpha value is -1.16. The molecule has 4 nitrogen and oxygen atoms in total. The Labute approximate surface area is 97.2 Å². The summed E-state index contributed by atoms with van der Waals surface area (Å²) in [6, 6.07) is 1.80. The summed E-state index contributed by atoms with van der Waals surface area (Å²) in [5, 5.41) is 0. The topological polar surface area (TPSA) is 61.0 Å². The van der Waals surface area contributed by atoms with Crippen LogP contribution in [-0.4, -0.2) is 17.1 Å². The normalized spacial score (nSPS) is 12.4. The molecule has 0 aliphatic heterocycles. The van der Waals surface area contributed by atoms with Crippen molar-refractivity contribution in [2.24, 2.45) is 5.73 Å². The molecule has 1 rings (SSSR count). The smallest absolute Gasteiger partial charge is 0.216 e. The highest BCUT2D eigenvalue weighted by Crippen LogP contribution is 2.17. The molecule has 2 N–H and O–H groups in total. The molecule has 0 bridgehead atoms. The van der Waals surface area contributed by atoms with Gasteiger partial charge in [-0.3, -0.25) is 0 Å². The predicted molar refractivity (Wildman–Crippen MR) is 64.3 cm³/mol. The van der Waals surface area contributed by atoms with E-state index in [-0.39, 0.29) is 6.04 Å². The van der Waals surface area contributed by atoms with Crippen molar-refractivity contribution >= 4 is 0 Å². The first-order valence-corrected chi connectivity index (χ1v) is 5.89. The quantitative estimate of drug-likeness (QED) is 0.721. The standard InChI is InChI=1S/C12H21N3O/c1-3-4-5-6-7-10(13)11-8-12(16-2)15-9-14-11/h8-10H,3-7,13H2,1-2H3. The zero-order valence-electron chi connectivity index (χ0n) is 10.1. The molecule has 0 aliphatic carbocycles. The number of unbranched alkanes of at least 4 members (excludes halogenated alkanes) is 3. The second-order valence-electron chi connectivity index (χ2n) is 3.94. The molecule has 1 unspecified atom stereocenters. The van der Waals surface area contributed by atoms with Gasteiger partial charge in [0.05, 0.1) is 12.8 Å². The largest absolute Gasteiger partial charge is 0.481 e. The van der Waals surface area contributed by atoms with E-state index in [0.29, 0.717) is 5.88 Å². The number of methoxy groups -OCH3 is 1. The SMILES string of the molecule is CCCCCCC(N)c1cc(OC)ncn1. The fraction of sp³-hybridized carbons (Fsp3) is 0.667. The van der Waals surface area contributed by atoms with Crippen LogP contribution in [0.3, 0.4) is 0 Å². The minimum Gasteiger partial charge on any atom is -0.481 e. The van der Waals surface area contributed by atoms with Crippen molar-refractivity contribution in [3.63, 3.8) is 0 Å². The second-order valence-corrected chi connectivity index (χ2v) is 3.94. The van der Waals surface area contributed by atoms with Crippen molar-refractivity contribution in [1.29, 1.82) is 0 Å². The van der Waals surface area contributed by atoms with Crippen LogP contribution in [0.5, 0.6) is 5.88 Å². The predicted octanol–water partition coefficient (Wildman–Crippen LogP) is 2.46. The molecule has 16 heavy (non-hydrogen) atoms. The number of nitrogens with two attached hydrogens (primary N) is 1. The summed E-state index contributed by atoms with van der Waals surface area (Å²) in [5.74, 6) is 0.578. The Kier molecular flexibility index (Phi) is 5.78. The first-order chi connectivity index (χ1) is 7.77. The lowest BCUT2D eigenvalue weighted by Gasteiger charge is -2.11. The summed E-state index contributed by atoms with van der Waals surface area (Å²) < 4.78 is 5.04. The fourth-order valence-electron chi connectivity index (χ4n) is 1.61. The van der Waals surface area contributed by atoms with Gasteiger partial charge in [0.15, 0.2) is 0 Å². The van der Waals surface area contributed by atoms with E-state index < -0.39 is 0 Å². The molecule has 1 aromatic rings. The van der Waals surface area contributed by atoms with Gasteiger partial charge in [0, 0.05) is 12.1 Å². The van der Waals surface area contributed by atoms with Crippen LogP contribution in [0.25, 0.3) is 0 Å². The zero-order chi connectivity index (χ0) is 11.8. The van der Waals surface area contributed by atoms with E-state index in [1.165, 1.54) is 25.6 Å². The molecule has 1 atom stereocenters. The Morgan fingerprint density at radius 2 is 2.12 bits per heavy atom. The van der Waals surface area contributed by atoms with E-state index >= 15 is 0 Å². The maximum absolute atomic E-state index is 6.05. The van der Waals surface area contributed by atoms with E-state index in [4.69, 9.17) is 10.5 Å². The molecule has 4 heteroatoms. The third-order valence-electron chi connectivity index (χ3n) is 2.62. The first kappa shape index (κ1) is 12.9. The van der Waals surface area contributed by atoms with Gasteiger partial charge in [0.1, 0.15) is 6.33 Å². The van der Waals surface area contributed by atoms with Crippen molar-refractivity contribution in [3.8, 4) is 5.88 Å². The number of aromatic nitrogens is 2. The first-order valence-electron chi connectivity index (χ1n) is 5.89. The van der Waals surface area contributed by atoms with Crippen LogP contribution < -0.4 is 10.5 Å². The summed E-state index contributed by atoms with van der Waals surface area (Å²) in [6.45, 7) is 2.20. The van der Waals surface area contributed by atoms with Crippen LogP contribution in [0.15, 0.2) is 12.4 Å². The summed E-state index contributed by atoms with van der Waals surface area (Å²) in [6.07, 6.45) is 7.39. The van der Waals surface area contributed by atoms with Crippen LogP contribution in [0.4, 0.5) is 0 Å². The Balaban J connectivity index is 2.42. The summed E-state index contributed by atoms with van der Waals surface area (Å²) >= 11 is 0. The van der Waals surface area contributed by atoms with Gasteiger partial charge in [0.2, 0.25) is 5.88 Å². The summed E-state index contributed by atoms with van der Waals surface area (Å²) in [4.78, 5) is 8.13. The van der Waals surface area contributed by atoms with E-state index in [1.807, 2.05) is 6.07 Å². The number of hydrogen-bond acceptors (Lipinski definition) is 4. The molecular formula is C12H21N3O. The van der Waals surface area contributed by atoms with Crippen molar-refractivity contribution in [1.82, 2.24) is 9.97 Å². The number of hydrogen-bond donors (Lipinski definition) is 1. The highest BCUT2D eigenvalue weighted by Gasteiger charge is 2.08. The molecule has 0 saturated carbocycles. The maximum atomic E-state index is 6.05. The monoisotopic (exact) mass is 223 g/mol. The number of rotatable bonds is 7. The Morgan fingerprint density at radius 3 is 2.81 bits per heavy atom. The lowest BCUT2D eigenvalue weighted by molar-refractivity contribution is 0.394. The molecule has 1 aromatic heterocycles. The van der Waals surface area contributed by atoms with Gasteiger partial charge in [-0.2, -0.15) is 0 Å². The second kappa shape index (κ2) is 7.17. The lowest BCUT2D eigenvalue weighted by atomic mass is 10.1. The number of nitrogens with zero attached hydrogens (tertiary/aromatic N) is 2. The van der Waals surface area contributed by atoms with Gasteiger partial charge in [-0.05, 0) is 6.42 Å². The molecule has 1 heterocycles. The van der Waals surface area contributed by atoms with Crippen LogP contribution in [0, 0.1) is 0 Å². The van der Waals surface area contributed by atoms with Crippen LogP contribution in [0.2, 0.25) is 0 Å². The van der Waals surface area contributed by atoms with Gasteiger partial charge < -0.3 is 10.5 Å². The van der Waals surface area contributed by atoms with Crippen LogP contribution in [-0.2, 0) is 0 Å². The molecule has 0 aliphatic rings. The maximum Gasteiger partial charge on any atom is 0.216 e. The van der Waals surface area contributed by atoms with Crippen molar-refractivity contribution in [2.75, 3.05) is 7.11 Å². The molecular weight excluding hydrogens is 202 g/mol. The minimum absolute atomic E-state index is 0.00578. The third kappa shape index (κ3) is 4.14. The van der Waals surface area contributed by atoms with Gasteiger partial charge in [-0.15, -0.1) is 0 Å². The van der Waals surface area contributed by atoms with Crippen molar-refractivity contribution in [3.05, 3.63) is 18.1 Å². The summed E-state index contributed by atoms with van der Waals surface area (Å²) in [5.41, 5.74) is 6.92. The van der Waals surface area contributed by atoms with E-state index in [9.17, 15) is 0 Å². The van der Waals surface area contributed by atoms with Crippen LogP contribution in [0.1, 0.15) is 50.8 Å². The van der Waals surface area contributed by atoms with Crippen LogP contribution >= 0.6 is 0 Å². The van der Waals surface area contributed by atoms with Gasteiger partial charge in [0.25, 0.3) is 0 Å². The van der Waals surface area contributed by atoms with Gasteiger partial charge in [-0.25, -0.2) is 9.97 Å². The van der Waals surface area contributed by atoms with Crippen molar-refractivity contribution in [2.45, 2.75) is 45.1 Å². The van der Waals surface area contributed by atoms with E-state index in [1.54, 1.807) is 7.11 Å². The molecule has 0 aromatic carbocycles. The fourth-order valence-corrected chi connectivity index (χ4v) is 1.61. The van der Waals surface area contributed by atoms with Gasteiger partial charge in [-0.1, -0.05) is 32.6 Å². The highest BCUT2D eigenvalue weighted by molar-refractivity contribution is 5.15. The average molecular weight is 223 g/mol. The highest BCUT2D eigenvalue weighted by atomic mass is 16.5. The van der Waals surface area contributed by atoms with Gasteiger partial charge >= 0.3 is 0 Å². The Morgan fingerprint density at radius 1 is 1.31 bits per heavy atom. The Bertz CT molecular complexity index is 304. The molecule has 90 valence electrons. The third-order valence-corrected chi connectivity index (χ3v) is 2.62. The average Bonchev–Trinajstić information content (AvgIpc) is 2.34.